The van der Waals surface area contributed by atoms with Crippen LogP contribution in [0.15, 0.2) is 67.2 Å². The van der Waals surface area contributed by atoms with E-state index in [0.29, 0.717) is 17.7 Å². The highest BCUT2D eigenvalue weighted by Crippen LogP contribution is 2.38. The van der Waals surface area contributed by atoms with Crippen LogP contribution in [0.1, 0.15) is 51.3 Å². The van der Waals surface area contributed by atoms with Gasteiger partial charge in [-0.1, -0.05) is 43.8 Å². The van der Waals surface area contributed by atoms with Crippen LogP contribution in [0.3, 0.4) is 0 Å². The molecule has 4 rings (SSSR count). The van der Waals surface area contributed by atoms with E-state index in [0.717, 1.165) is 39.9 Å². The minimum atomic E-state index is -0.356. The van der Waals surface area contributed by atoms with Gasteiger partial charge in [-0.3, -0.25) is 4.79 Å². The van der Waals surface area contributed by atoms with E-state index >= 15 is 0 Å². The summed E-state index contributed by atoms with van der Waals surface area (Å²) in [5, 5.41) is 0. The largest absolute Gasteiger partial charge is 0.462 e. The summed E-state index contributed by atoms with van der Waals surface area (Å²) >= 11 is 0. The molecule has 156 valence electrons. The van der Waals surface area contributed by atoms with Gasteiger partial charge < -0.3 is 9.64 Å². The summed E-state index contributed by atoms with van der Waals surface area (Å²) in [7, 11) is 1.79. The lowest BCUT2D eigenvalue weighted by Crippen LogP contribution is -2.26. The van der Waals surface area contributed by atoms with Gasteiger partial charge in [0, 0.05) is 18.2 Å². The molecule has 1 amide bonds. The van der Waals surface area contributed by atoms with Crippen molar-refractivity contribution in [2.75, 3.05) is 18.6 Å². The summed E-state index contributed by atoms with van der Waals surface area (Å²) in [5.74, 6) is -0.437. The van der Waals surface area contributed by atoms with Crippen molar-refractivity contribution in [3.63, 3.8) is 0 Å². The third kappa shape index (κ3) is 3.66. The molecule has 0 atom stereocenters. The molecule has 1 heterocycles. The maximum atomic E-state index is 13.4. The Labute approximate surface area is 182 Å². The zero-order chi connectivity index (χ0) is 22.1. The van der Waals surface area contributed by atoms with Crippen molar-refractivity contribution in [2.24, 2.45) is 0 Å². The number of carbonyl (C=O) groups is 2. The first-order valence-corrected chi connectivity index (χ1v) is 10.5. The van der Waals surface area contributed by atoms with Gasteiger partial charge in [-0.2, -0.15) is 0 Å². The SMILES string of the molecule is C=C1c2ccc(-c3cccc(C(=O)OCC)c3)cc2C(=O)N(C)c2ccc(CC)cc21. The molecule has 0 unspecified atom stereocenters. The number of aryl methyl sites for hydroxylation is 1. The molecule has 31 heavy (non-hydrogen) atoms. The minimum Gasteiger partial charge on any atom is -0.462 e. The fourth-order valence-electron chi connectivity index (χ4n) is 3.98. The van der Waals surface area contributed by atoms with Crippen LogP contribution in [0, 0.1) is 0 Å². The van der Waals surface area contributed by atoms with Gasteiger partial charge in [-0.05, 0) is 71.5 Å². The van der Waals surface area contributed by atoms with Gasteiger partial charge in [-0.25, -0.2) is 4.79 Å². The Hall–Kier alpha value is -3.66. The summed E-state index contributed by atoms with van der Waals surface area (Å²) in [4.78, 5) is 27.2. The topological polar surface area (TPSA) is 46.6 Å². The van der Waals surface area contributed by atoms with Crippen LogP contribution in [0.25, 0.3) is 16.7 Å². The van der Waals surface area contributed by atoms with E-state index in [9.17, 15) is 9.59 Å². The third-order valence-corrected chi connectivity index (χ3v) is 5.74. The highest BCUT2D eigenvalue weighted by atomic mass is 16.5. The van der Waals surface area contributed by atoms with Gasteiger partial charge in [0.15, 0.2) is 0 Å². The average Bonchev–Trinajstić information content (AvgIpc) is 2.88. The highest BCUT2D eigenvalue weighted by molar-refractivity contribution is 6.14. The molecule has 0 saturated heterocycles. The summed E-state index contributed by atoms with van der Waals surface area (Å²) in [5.41, 5.74) is 7.50. The number of rotatable bonds is 4. The molecule has 1 aliphatic rings. The first kappa shape index (κ1) is 20.6. The van der Waals surface area contributed by atoms with E-state index in [2.05, 4.69) is 25.6 Å². The monoisotopic (exact) mass is 411 g/mol. The standard InChI is InChI=1S/C27H25NO3/c1-5-18-10-13-25-23(14-18)17(3)22-12-11-20(16-24(22)26(29)28(25)4)19-8-7-9-21(15-19)27(30)31-6-2/h7-16H,3,5-6H2,1-2,4H3. The van der Waals surface area contributed by atoms with Crippen molar-refractivity contribution in [3.05, 3.63) is 95.1 Å². The van der Waals surface area contributed by atoms with E-state index in [-0.39, 0.29) is 11.9 Å². The fraction of sp³-hybridized carbons (Fsp3) is 0.185. The number of anilines is 1. The molecular weight excluding hydrogens is 386 g/mol. The maximum absolute atomic E-state index is 13.4. The number of carbonyl (C=O) groups excluding carboxylic acids is 2. The molecule has 0 aliphatic carbocycles. The summed E-state index contributed by atoms with van der Waals surface area (Å²) in [6, 6.07) is 19.2. The number of fused-ring (bicyclic) bond motifs is 2. The van der Waals surface area contributed by atoms with Crippen molar-refractivity contribution in [2.45, 2.75) is 20.3 Å². The summed E-state index contributed by atoms with van der Waals surface area (Å²) < 4.78 is 5.11. The third-order valence-electron chi connectivity index (χ3n) is 5.74. The van der Waals surface area contributed by atoms with Crippen LogP contribution in [0.2, 0.25) is 0 Å². The van der Waals surface area contributed by atoms with Crippen molar-refractivity contribution in [1.29, 1.82) is 0 Å². The van der Waals surface area contributed by atoms with Gasteiger partial charge in [0.25, 0.3) is 5.91 Å². The van der Waals surface area contributed by atoms with Crippen LogP contribution in [-0.2, 0) is 11.2 Å². The zero-order valence-electron chi connectivity index (χ0n) is 18.1. The van der Waals surface area contributed by atoms with E-state index in [4.69, 9.17) is 4.74 Å². The lowest BCUT2D eigenvalue weighted by Gasteiger charge is -2.18. The second-order valence-corrected chi connectivity index (χ2v) is 7.61. The lowest BCUT2D eigenvalue weighted by molar-refractivity contribution is 0.0526. The molecule has 0 N–H and O–H groups in total. The Morgan fingerprint density at radius 1 is 0.935 bits per heavy atom. The lowest BCUT2D eigenvalue weighted by atomic mass is 9.91. The molecule has 0 aromatic heterocycles. The van der Waals surface area contributed by atoms with E-state index in [1.54, 1.807) is 31.0 Å². The van der Waals surface area contributed by atoms with E-state index in [1.165, 1.54) is 5.56 Å². The van der Waals surface area contributed by atoms with Crippen LogP contribution < -0.4 is 4.90 Å². The van der Waals surface area contributed by atoms with Crippen LogP contribution in [0.5, 0.6) is 0 Å². The number of esters is 1. The number of hydrogen-bond donors (Lipinski definition) is 0. The summed E-state index contributed by atoms with van der Waals surface area (Å²) in [6.07, 6.45) is 0.917. The Balaban J connectivity index is 1.81. The first-order valence-electron chi connectivity index (χ1n) is 10.5. The number of nitrogens with zero attached hydrogens (tertiary/aromatic N) is 1. The van der Waals surface area contributed by atoms with Gasteiger partial charge in [-0.15, -0.1) is 0 Å². The Morgan fingerprint density at radius 3 is 2.45 bits per heavy atom. The molecule has 0 spiro atoms. The predicted octanol–water partition coefficient (Wildman–Crippen LogP) is 5.74. The van der Waals surface area contributed by atoms with Gasteiger partial charge >= 0.3 is 5.97 Å². The normalized spacial score (nSPS) is 12.8. The molecular formula is C27H25NO3. The number of amides is 1. The molecule has 3 aromatic rings. The first-order chi connectivity index (χ1) is 14.9. The van der Waals surface area contributed by atoms with E-state index < -0.39 is 0 Å². The number of hydrogen-bond acceptors (Lipinski definition) is 3. The molecule has 1 aliphatic heterocycles. The maximum Gasteiger partial charge on any atom is 0.338 e. The van der Waals surface area contributed by atoms with Crippen molar-refractivity contribution >= 4 is 23.1 Å². The van der Waals surface area contributed by atoms with Crippen LogP contribution in [0.4, 0.5) is 5.69 Å². The van der Waals surface area contributed by atoms with Crippen molar-refractivity contribution < 1.29 is 14.3 Å². The van der Waals surface area contributed by atoms with Crippen LogP contribution in [-0.4, -0.2) is 25.5 Å². The molecule has 4 heteroatoms. The zero-order valence-corrected chi connectivity index (χ0v) is 18.1. The quantitative estimate of drug-likeness (QED) is 0.514. The number of ether oxygens (including phenoxy) is 1. The second kappa shape index (κ2) is 8.23. The molecule has 0 saturated carbocycles. The smallest absolute Gasteiger partial charge is 0.338 e. The molecule has 4 nitrogen and oxygen atoms in total. The molecule has 0 bridgehead atoms. The van der Waals surface area contributed by atoms with Crippen molar-refractivity contribution in [1.82, 2.24) is 0 Å². The van der Waals surface area contributed by atoms with Gasteiger partial charge in [0.05, 0.1) is 17.9 Å². The van der Waals surface area contributed by atoms with Crippen molar-refractivity contribution in [3.8, 4) is 11.1 Å². The second-order valence-electron chi connectivity index (χ2n) is 7.61. The predicted molar refractivity (Wildman–Crippen MR) is 125 cm³/mol. The summed E-state index contributed by atoms with van der Waals surface area (Å²) in [6.45, 7) is 8.54. The minimum absolute atomic E-state index is 0.0810. The molecule has 0 fully saturated rings. The number of benzene rings is 3. The molecule has 3 aromatic carbocycles. The Morgan fingerprint density at radius 2 is 1.71 bits per heavy atom. The Kier molecular flexibility index (Phi) is 5.47. The fourth-order valence-corrected chi connectivity index (χ4v) is 3.98. The van der Waals surface area contributed by atoms with Crippen LogP contribution >= 0.6 is 0 Å². The average molecular weight is 412 g/mol. The highest BCUT2D eigenvalue weighted by Gasteiger charge is 2.27. The van der Waals surface area contributed by atoms with E-state index in [1.807, 2.05) is 36.4 Å². The molecule has 0 radical (unpaired) electrons. The van der Waals surface area contributed by atoms with Gasteiger partial charge in [0.1, 0.15) is 0 Å². The Bertz CT molecular complexity index is 1210. The van der Waals surface area contributed by atoms with Gasteiger partial charge in [0.2, 0.25) is 0 Å².